The standard InChI is InChI=1S/C22H24N2/c1-16(14-17(2)20-10-6-5-7-11-20)19(4)22(23)24-15-18(3)21-12-8-9-13-21/h5-8,10-13,15H,1-3,9,14,23H2,4H3/b22-19+,24-15?. The molecule has 1 aliphatic rings. The first kappa shape index (κ1) is 17.5. The zero-order chi connectivity index (χ0) is 17.5. The van der Waals surface area contributed by atoms with E-state index in [1.165, 1.54) is 0 Å². The summed E-state index contributed by atoms with van der Waals surface area (Å²) in [5.41, 5.74) is 12.0. The summed E-state index contributed by atoms with van der Waals surface area (Å²) in [4.78, 5) is 4.34. The molecule has 2 nitrogen and oxygen atoms in total. The minimum absolute atomic E-state index is 0.463. The van der Waals surface area contributed by atoms with Gasteiger partial charge in [-0.15, -0.1) is 0 Å². The van der Waals surface area contributed by atoms with Crippen LogP contribution in [0.5, 0.6) is 0 Å². The predicted octanol–water partition coefficient (Wildman–Crippen LogP) is 5.35. The topological polar surface area (TPSA) is 38.4 Å². The molecule has 0 saturated carbocycles. The third-order valence-electron chi connectivity index (χ3n) is 4.02. The molecule has 0 atom stereocenters. The molecule has 0 spiro atoms. The van der Waals surface area contributed by atoms with Crippen molar-refractivity contribution in [2.24, 2.45) is 10.7 Å². The molecule has 2 heteroatoms. The summed E-state index contributed by atoms with van der Waals surface area (Å²) in [6.07, 6.45) is 9.58. The van der Waals surface area contributed by atoms with Crippen LogP contribution < -0.4 is 5.73 Å². The Morgan fingerprint density at radius 1 is 1.21 bits per heavy atom. The number of hydrogen-bond acceptors (Lipinski definition) is 2. The SMILES string of the molecule is C=C(C=N/C(N)=C(\C)C(=C)CC(=C)c1ccccc1)C1=CCC=C1. The summed E-state index contributed by atoms with van der Waals surface area (Å²) in [6.45, 7) is 14.2. The molecule has 122 valence electrons. The molecule has 0 heterocycles. The molecule has 24 heavy (non-hydrogen) atoms. The molecule has 1 aromatic carbocycles. The van der Waals surface area contributed by atoms with Gasteiger partial charge in [0.05, 0.1) is 0 Å². The first-order valence-electron chi connectivity index (χ1n) is 7.96. The number of allylic oxidation sites excluding steroid dienone is 8. The molecule has 0 radical (unpaired) electrons. The highest BCUT2D eigenvalue weighted by Crippen LogP contribution is 2.24. The number of aliphatic imine (C=N–C) groups is 1. The summed E-state index contributed by atoms with van der Waals surface area (Å²) in [5.74, 6) is 0.463. The van der Waals surface area contributed by atoms with Crippen LogP contribution in [0.2, 0.25) is 0 Å². The number of rotatable bonds is 7. The second kappa shape index (κ2) is 8.11. The van der Waals surface area contributed by atoms with Gasteiger partial charge in [-0.1, -0.05) is 68.3 Å². The lowest BCUT2D eigenvalue weighted by Gasteiger charge is -2.10. The molecule has 0 aromatic heterocycles. The molecule has 0 aliphatic heterocycles. The van der Waals surface area contributed by atoms with Crippen LogP contribution in [-0.2, 0) is 0 Å². The maximum atomic E-state index is 6.09. The van der Waals surface area contributed by atoms with E-state index >= 15 is 0 Å². The van der Waals surface area contributed by atoms with Crippen molar-refractivity contribution in [2.45, 2.75) is 19.8 Å². The second-order valence-electron chi connectivity index (χ2n) is 5.84. The Morgan fingerprint density at radius 3 is 2.54 bits per heavy atom. The number of hydrogen-bond donors (Lipinski definition) is 1. The maximum Gasteiger partial charge on any atom is 0.126 e. The molecule has 0 unspecified atom stereocenters. The van der Waals surface area contributed by atoms with Crippen LogP contribution in [0.1, 0.15) is 25.3 Å². The molecule has 2 rings (SSSR count). The van der Waals surface area contributed by atoms with Crippen LogP contribution in [0, 0.1) is 0 Å². The zero-order valence-electron chi connectivity index (χ0n) is 14.3. The van der Waals surface area contributed by atoms with Gasteiger partial charge in [0.2, 0.25) is 0 Å². The van der Waals surface area contributed by atoms with Gasteiger partial charge in [0.15, 0.2) is 0 Å². The van der Waals surface area contributed by atoms with Crippen molar-refractivity contribution in [3.8, 4) is 0 Å². The van der Waals surface area contributed by atoms with E-state index in [4.69, 9.17) is 5.73 Å². The smallest absolute Gasteiger partial charge is 0.126 e. The largest absolute Gasteiger partial charge is 0.383 e. The average Bonchev–Trinajstić information content (AvgIpc) is 3.14. The van der Waals surface area contributed by atoms with E-state index in [0.717, 1.165) is 39.8 Å². The lowest BCUT2D eigenvalue weighted by atomic mass is 9.97. The highest BCUT2D eigenvalue weighted by Gasteiger charge is 2.06. The van der Waals surface area contributed by atoms with Crippen molar-refractivity contribution in [3.63, 3.8) is 0 Å². The van der Waals surface area contributed by atoms with Crippen LogP contribution in [0.15, 0.2) is 101 Å². The third kappa shape index (κ3) is 4.56. The predicted molar refractivity (Wildman–Crippen MR) is 106 cm³/mol. The molecule has 2 N–H and O–H groups in total. The van der Waals surface area contributed by atoms with E-state index in [-0.39, 0.29) is 0 Å². The summed E-state index contributed by atoms with van der Waals surface area (Å²) in [7, 11) is 0. The Balaban J connectivity index is 2.02. The van der Waals surface area contributed by atoms with Gasteiger partial charge in [-0.3, -0.25) is 0 Å². The van der Waals surface area contributed by atoms with Gasteiger partial charge >= 0.3 is 0 Å². The van der Waals surface area contributed by atoms with E-state index < -0.39 is 0 Å². The number of nitrogens with two attached hydrogens (primary N) is 1. The monoisotopic (exact) mass is 316 g/mol. The highest BCUT2D eigenvalue weighted by molar-refractivity contribution is 5.86. The second-order valence-corrected chi connectivity index (χ2v) is 5.84. The van der Waals surface area contributed by atoms with Crippen LogP contribution in [-0.4, -0.2) is 6.21 Å². The highest BCUT2D eigenvalue weighted by atomic mass is 14.9. The molecule has 1 aliphatic carbocycles. The van der Waals surface area contributed by atoms with Crippen LogP contribution in [0.3, 0.4) is 0 Å². The van der Waals surface area contributed by atoms with Crippen molar-refractivity contribution in [1.29, 1.82) is 0 Å². The Morgan fingerprint density at radius 2 is 1.92 bits per heavy atom. The quantitative estimate of drug-likeness (QED) is 0.534. The molecule has 0 bridgehead atoms. The molecular weight excluding hydrogens is 292 g/mol. The van der Waals surface area contributed by atoms with Crippen molar-refractivity contribution < 1.29 is 0 Å². The Bertz CT molecular complexity index is 771. The van der Waals surface area contributed by atoms with Gasteiger partial charge in [-0.25, -0.2) is 4.99 Å². The van der Waals surface area contributed by atoms with Gasteiger partial charge in [0, 0.05) is 6.21 Å². The zero-order valence-corrected chi connectivity index (χ0v) is 14.3. The van der Waals surface area contributed by atoms with Crippen molar-refractivity contribution in [1.82, 2.24) is 0 Å². The van der Waals surface area contributed by atoms with E-state index in [1.807, 2.05) is 43.3 Å². The fraction of sp³-hybridized carbons (Fsp3) is 0.136. The lowest BCUT2D eigenvalue weighted by Crippen LogP contribution is -2.01. The lowest BCUT2D eigenvalue weighted by molar-refractivity contribution is 1.13. The average molecular weight is 316 g/mol. The third-order valence-corrected chi connectivity index (χ3v) is 4.02. The van der Waals surface area contributed by atoms with E-state index in [2.05, 4.69) is 36.9 Å². The normalized spacial score (nSPS) is 14.5. The summed E-state index contributed by atoms with van der Waals surface area (Å²) >= 11 is 0. The summed E-state index contributed by atoms with van der Waals surface area (Å²) in [6, 6.07) is 10.1. The molecule has 1 aromatic rings. The van der Waals surface area contributed by atoms with Gasteiger partial charge in [-0.2, -0.15) is 0 Å². The molecule has 0 saturated heterocycles. The number of benzene rings is 1. The Kier molecular flexibility index (Phi) is 5.91. The first-order chi connectivity index (χ1) is 11.5. The minimum atomic E-state index is 0.463. The van der Waals surface area contributed by atoms with E-state index in [1.54, 1.807) is 6.21 Å². The van der Waals surface area contributed by atoms with E-state index in [9.17, 15) is 0 Å². The molecule has 0 fully saturated rings. The fourth-order valence-electron chi connectivity index (χ4n) is 2.36. The first-order valence-corrected chi connectivity index (χ1v) is 7.96. The minimum Gasteiger partial charge on any atom is -0.383 e. The Labute approximate surface area is 144 Å². The fourth-order valence-corrected chi connectivity index (χ4v) is 2.36. The number of nitrogens with zero attached hydrogens (tertiary/aromatic N) is 1. The van der Waals surface area contributed by atoms with Gasteiger partial charge < -0.3 is 5.73 Å². The van der Waals surface area contributed by atoms with Gasteiger partial charge in [-0.05, 0) is 53.2 Å². The molecular formula is C22H24N2. The van der Waals surface area contributed by atoms with Gasteiger partial charge in [0.1, 0.15) is 5.82 Å². The molecule has 0 amide bonds. The van der Waals surface area contributed by atoms with E-state index in [0.29, 0.717) is 12.2 Å². The van der Waals surface area contributed by atoms with Crippen LogP contribution in [0.4, 0.5) is 0 Å². The summed E-state index contributed by atoms with van der Waals surface area (Å²) in [5, 5.41) is 0. The van der Waals surface area contributed by atoms with Crippen molar-refractivity contribution >= 4 is 11.8 Å². The van der Waals surface area contributed by atoms with Crippen molar-refractivity contribution in [3.05, 3.63) is 102 Å². The Hall–Kier alpha value is -2.87. The van der Waals surface area contributed by atoms with Gasteiger partial charge in [0.25, 0.3) is 0 Å². The van der Waals surface area contributed by atoms with Crippen molar-refractivity contribution in [2.75, 3.05) is 0 Å². The maximum absolute atomic E-state index is 6.09. The summed E-state index contributed by atoms with van der Waals surface area (Å²) < 4.78 is 0. The van der Waals surface area contributed by atoms with Crippen LogP contribution >= 0.6 is 0 Å². The van der Waals surface area contributed by atoms with Crippen LogP contribution in [0.25, 0.3) is 5.57 Å².